The van der Waals surface area contributed by atoms with Gasteiger partial charge in [-0.05, 0) is 69.1 Å². The van der Waals surface area contributed by atoms with Crippen molar-refractivity contribution in [2.24, 2.45) is 0 Å². The summed E-state index contributed by atoms with van der Waals surface area (Å²) in [5.41, 5.74) is 1.24. The fraction of sp³-hybridized carbons (Fsp3) is 0.714. The molecule has 4 aliphatic heterocycles. The minimum absolute atomic E-state index is 0.00175. The van der Waals surface area contributed by atoms with Gasteiger partial charge in [0.1, 0.15) is 0 Å². The van der Waals surface area contributed by atoms with Gasteiger partial charge < -0.3 is 67.2 Å². The van der Waals surface area contributed by atoms with E-state index < -0.39 is 5.97 Å². The maximum atomic E-state index is 13.2. The third-order valence-corrected chi connectivity index (χ3v) is 15.8. The second kappa shape index (κ2) is 33.8. The number of amides is 9. The number of ether oxygens (including phenoxy) is 3. The standard InChI is InChI=1S/C49H78N10O12S2/c60-40(11-3-1-9-38-45-36(32-72-38)55-48(67)57-45)50-18-5-7-20-52-42(62)30-59(29-34-13-15-35(16-14-34)47(66)54-22-24-70-26-28-71-27-25-69-23-17-44(64)65)31-43(63)53-21-8-6-19-51-41(61)12-4-2-10-39-46-37(33-73-39)56-49(68)58-46/h13-16,36-39,45-46H,1-12,17-33H2,(H,50,60)(H,51,61)(H,52,62)(H,53,63)(H,54,66)(H,64,65)(H2,55,57,67)(H2,56,58,68)/t36-,37-,38-,39-,45-,46-/m0/s1. The number of carbonyl (C=O) groups is 8. The number of rotatable bonds is 39. The van der Waals surface area contributed by atoms with Gasteiger partial charge in [0.2, 0.25) is 23.6 Å². The summed E-state index contributed by atoms with van der Waals surface area (Å²) < 4.78 is 16.0. The zero-order valence-corrected chi connectivity index (χ0v) is 43.6. The highest BCUT2D eigenvalue weighted by atomic mass is 32.2. The average molecular weight is 1060 g/mol. The highest BCUT2D eigenvalue weighted by molar-refractivity contribution is 8.00. The number of unbranched alkanes of at least 4 members (excludes halogenated alkanes) is 4. The minimum atomic E-state index is -0.917. The fourth-order valence-electron chi connectivity index (χ4n) is 8.88. The SMILES string of the molecule is O=C(O)CCOCCOCCOCCNC(=O)c1ccc(CN(CC(=O)NCCCCNC(=O)CCCC[C@@H]2SC[C@@H]3NC(=O)N[C@@H]32)CC(=O)NCCCCNC(=O)CCCC[C@@H]2SC[C@@H]3NC(=O)N[C@@H]32)cc1. The summed E-state index contributed by atoms with van der Waals surface area (Å²) in [4.78, 5) is 99.5. The molecule has 0 aromatic heterocycles. The molecule has 0 aliphatic carbocycles. The van der Waals surface area contributed by atoms with Gasteiger partial charge in [0, 0.05) is 79.7 Å². The number of hydrogen-bond donors (Lipinski definition) is 10. The van der Waals surface area contributed by atoms with E-state index in [9.17, 15) is 38.4 Å². The van der Waals surface area contributed by atoms with Crippen molar-refractivity contribution < 1.29 is 57.7 Å². The van der Waals surface area contributed by atoms with Crippen LogP contribution in [0.5, 0.6) is 0 Å². The lowest BCUT2D eigenvalue weighted by molar-refractivity contribution is -0.138. The number of carboxylic acids is 1. The number of carbonyl (C=O) groups excluding carboxylic acids is 7. The molecule has 1 aromatic carbocycles. The van der Waals surface area contributed by atoms with Crippen LogP contribution < -0.4 is 47.9 Å². The summed E-state index contributed by atoms with van der Waals surface area (Å²) in [5.74, 6) is 0.148. The van der Waals surface area contributed by atoms with Crippen LogP contribution in [0.2, 0.25) is 0 Å². The average Bonchev–Trinajstić information content (AvgIpc) is 4.13. The molecule has 4 aliphatic rings. The Morgan fingerprint density at radius 1 is 0.534 bits per heavy atom. The van der Waals surface area contributed by atoms with E-state index in [-0.39, 0.29) is 112 Å². The first-order chi connectivity index (χ1) is 35.4. The number of thioether (sulfide) groups is 2. The molecule has 10 N–H and O–H groups in total. The van der Waals surface area contributed by atoms with Crippen molar-refractivity contribution in [3.63, 3.8) is 0 Å². The topological polar surface area (TPSA) is 296 Å². The summed E-state index contributed by atoms with van der Waals surface area (Å²) in [7, 11) is 0. The van der Waals surface area contributed by atoms with E-state index in [1.54, 1.807) is 29.2 Å². The Morgan fingerprint density at radius 2 is 0.986 bits per heavy atom. The van der Waals surface area contributed by atoms with Crippen LogP contribution in [-0.2, 0) is 44.7 Å². The molecule has 0 saturated carbocycles. The van der Waals surface area contributed by atoms with Crippen molar-refractivity contribution >= 4 is 71.1 Å². The van der Waals surface area contributed by atoms with Crippen LogP contribution in [-0.4, -0.2) is 189 Å². The molecule has 0 spiro atoms. The van der Waals surface area contributed by atoms with Crippen LogP contribution in [0, 0.1) is 0 Å². The van der Waals surface area contributed by atoms with E-state index in [1.165, 1.54) is 0 Å². The molecule has 22 nitrogen and oxygen atoms in total. The molecule has 408 valence electrons. The Balaban J connectivity index is 0.945. The third kappa shape index (κ3) is 23.5. The highest BCUT2D eigenvalue weighted by Gasteiger charge is 2.43. The zero-order chi connectivity index (χ0) is 52.0. The van der Waals surface area contributed by atoms with Crippen molar-refractivity contribution in [1.29, 1.82) is 0 Å². The lowest BCUT2D eigenvalue weighted by Crippen LogP contribution is -2.43. The molecule has 6 atom stereocenters. The number of hydrogen-bond acceptors (Lipinski definition) is 14. The second-order valence-corrected chi connectivity index (χ2v) is 21.2. The molecular formula is C49H78N10O12S2. The van der Waals surface area contributed by atoms with Gasteiger partial charge >= 0.3 is 18.0 Å². The molecule has 5 rings (SSSR count). The van der Waals surface area contributed by atoms with E-state index in [1.807, 2.05) is 23.5 Å². The van der Waals surface area contributed by atoms with Crippen molar-refractivity contribution in [2.45, 2.75) is 125 Å². The monoisotopic (exact) mass is 1060 g/mol. The van der Waals surface area contributed by atoms with E-state index in [4.69, 9.17) is 19.3 Å². The first-order valence-corrected chi connectivity index (χ1v) is 28.0. The van der Waals surface area contributed by atoms with E-state index in [0.29, 0.717) is 107 Å². The molecule has 0 bridgehead atoms. The molecular weight excluding hydrogens is 985 g/mol. The molecule has 24 heteroatoms. The Bertz CT molecular complexity index is 1840. The maximum Gasteiger partial charge on any atom is 0.315 e. The Morgan fingerprint density at radius 3 is 1.47 bits per heavy atom. The molecule has 0 unspecified atom stereocenters. The summed E-state index contributed by atoms with van der Waals surface area (Å²) >= 11 is 3.74. The Hall–Kier alpha value is -4.88. The second-order valence-electron chi connectivity index (χ2n) is 18.6. The maximum absolute atomic E-state index is 13.2. The van der Waals surface area contributed by atoms with E-state index >= 15 is 0 Å². The summed E-state index contributed by atoms with van der Waals surface area (Å²) in [5, 5.41) is 35.9. The van der Waals surface area contributed by atoms with Gasteiger partial charge in [-0.25, -0.2) is 9.59 Å². The van der Waals surface area contributed by atoms with Gasteiger partial charge in [0.25, 0.3) is 5.91 Å². The quantitative estimate of drug-likeness (QED) is 0.0328. The molecule has 0 radical (unpaired) electrons. The number of benzene rings is 1. The van der Waals surface area contributed by atoms with Crippen molar-refractivity contribution in [1.82, 2.24) is 52.8 Å². The predicted molar refractivity (Wildman–Crippen MR) is 277 cm³/mol. The van der Waals surface area contributed by atoms with Crippen LogP contribution in [0.3, 0.4) is 0 Å². The first-order valence-electron chi connectivity index (χ1n) is 25.9. The highest BCUT2D eigenvalue weighted by Crippen LogP contribution is 2.34. The van der Waals surface area contributed by atoms with Gasteiger partial charge in [-0.2, -0.15) is 23.5 Å². The third-order valence-electron chi connectivity index (χ3n) is 12.8. The van der Waals surface area contributed by atoms with Crippen molar-refractivity contribution in [2.75, 3.05) is 97.0 Å². The van der Waals surface area contributed by atoms with Crippen molar-refractivity contribution in [3.05, 3.63) is 35.4 Å². The molecule has 73 heavy (non-hydrogen) atoms. The van der Waals surface area contributed by atoms with Gasteiger partial charge in [-0.1, -0.05) is 25.0 Å². The Labute approximate surface area is 436 Å². The molecule has 1 aromatic rings. The van der Waals surface area contributed by atoms with Crippen LogP contribution in [0.4, 0.5) is 9.59 Å². The molecule has 4 fully saturated rings. The first kappa shape index (κ1) is 59.0. The lowest BCUT2D eigenvalue weighted by atomic mass is 10.0. The van der Waals surface area contributed by atoms with Crippen LogP contribution in [0.25, 0.3) is 0 Å². The number of nitrogens with zero attached hydrogens (tertiary/aromatic N) is 1. The summed E-state index contributed by atoms with van der Waals surface area (Å²) in [6.07, 6.45) is 8.85. The molecule has 4 heterocycles. The smallest absolute Gasteiger partial charge is 0.315 e. The van der Waals surface area contributed by atoms with Crippen LogP contribution in [0.1, 0.15) is 99.4 Å². The van der Waals surface area contributed by atoms with Gasteiger partial charge in [-0.15, -0.1) is 0 Å². The minimum Gasteiger partial charge on any atom is -0.481 e. The Kier molecular flexibility index (Phi) is 27.4. The molecule has 4 saturated heterocycles. The number of urea groups is 2. The van der Waals surface area contributed by atoms with Gasteiger partial charge in [-0.3, -0.25) is 33.7 Å². The van der Waals surface area contributed by atoms with E-state index in [0.717, 1.165) is 55.6 Å². The summed E-state index contributed by atoms with van der Waals surface area (Å²) in [6, 6.07) is 7.48. The molecule has 9 amide bonds. The van der Waals surface area contributed by atoms with Crippen molar-refractivity contribution in [3.8, 4) is 0 Å². The largest absolute Gasteiger partial charge is 0.481 e. The number of aliphatic carboxylic acids is 1. The normalized spacial score (nSPS) is 20.6. The lowest BCUT2D eigenvalue weighted by Gasteiger charge is -2.22. The number of nitrogens with one attached hydrogen (secondary N) is 9. The number of carboxylic acid groups (broad SMARTS) is 1. The summed E-state index contributed by atoms with van der Waals surface area (Å²) in [6.45, 7) is 3.98. The van der Waals surface area contributed by atoms with Crippen LogP contribution in [0.15, 0.2) is 24.3 Å². The van der Waals surface area contributed by atoms with Gasteiger partial charge in [0.15, 0.2) is 0 Å². The predicted octanol–water partition coefficient (Wildman–Crippen LogP) is 1.22. The van der Waals surface area contributed by atoms with Crippen LogP contribution >= 0.6 is 23.5 Å². The van der Waals surface area contributed by atoms with Gasteiger partial charge in [0.05, 0.1) is 83.3 Å². The number of fused-ring (bicyclic) bond motifs is 2. The van der Waals surface area contributed by atoms with E-state index in [2.05, 4.69) is 47.9 Å². The zero-order valence-electron chi connectivity index (χ0n) is 42.0. The fourth-order valence-corrected chi connectivity index (χ4v) is 12.0.